The van der Waals surface area contributed by atoms with Crippen molar-refractivity contribution in [2.75, 3.05) is 23.9 Å². The van der Waals surface area contributed by atoms with Gasteiger partial charge in [0.15, 0.2) is 9.84 Å². The quantitative estimate of drug-likeness (QED) is 0.276. The van der Waals surface area contributed by atoms with Crippen LogP contribution in [-0.2, 0) is 14.6 Å². The van der Waals surface area contributed by atoms with Gasteiger partial charge in [0.25, 0.3) is 0 Å². The number of isocyanates is 1. The van der Waals surface area contributed by atoms with Gasteiger partial charge in [0.1, 0.15) is 0 Å². The summed E-state index contributed by atoms with van der Waals surface area (Å²) in [5.41, 5.74) is 0. The third-order valence-electron chi connectivity index (χ3n) is 1.68. The third-order valence-corrected chi connectivity index (χ3v) is 3.83. The molecule has 0 aliphatic heterocycles. The van der Waals surface area contributed by atoms with E-state index in [2.05, 4.69) is 4.99 Å². The van der Waals surface area contributed by atoms with E-state index in [1.807, 2.05) is 0 Å². The molecule has 0 N–H and O–H groups in total. The Hall–Kier alpha value is -0.380. The Kier molecular flexibility index (Phi) is 7.76. The molecule has 0 rings (SSSR count). The van der Waals surface area contributed by atoms with Gasteiger partial charge >= 0.3 is 0 Å². The molecule has 0 aliphatic rings. The zero-order valence-electron chi connectivity index (χ0n) is 7.91. The molecule has 82 valence electrons. The summed E-state index contributed by atoms with van der Waals surface area (Å²) in [6.45, 7) is 0.430. The van der Waals surface area contributed by atoms with Gasteiger partial charge in [-0.25, -0.2) is 18.2 Å². The molecule has 0 aromatic heterocycles. The molecule has 0 aromatic rings. The minimum Gasteiger partial charge on any atom is -0.229 e. The van der Waals surface area contributed by atoms with Gasteiger partial charge in [-0.2, -0.15) is 0 Å². The van der Waals surface area contributed by atoms with Crippen LogP contribution < -0.4 is 0 Å². The van der Waals surface area contributed by atoms with Crippen LogP contribution in [0.25, 0.3) is 0 Å². The van der Waals surface area contributed by atoms with E-state index in [-0.39, 0.29) is 17.4 Å². The number of hydrogen-bond donors (Lipinski definition) is 0. The van der Waals surface area contributed by atoms with Crippen molar-refractivity contribution < 1.29 is 13.2 Å². The Morgan fingerprint density at radius 2 is 1.86 bits per heavy atom. The third kappa shape index (κ3) is 8.23. The van der Waals surface area contributed by atoms with Crippen LogP contribution in [0.2, 0.25) is 0 Å². The maximum absolute atomic E-state index is 11.1. The number of hydrogen-bond acceptors (Lipinski definition) is 4. The summed E-state index contributed by atoms with van der Waals surface area (Å²) in [4.78, 5) is 13.0. The summed E-state index contributed by atoms with van der Waals surface area (Å²) in [5.74, 6) is 0.364. The first-order chi connectivity index (χ1) is 6.62. The van der Waals surface area contributed by atoms with E-state index in [4.69, 9.17) is 11.6 Å². The van der Waals surface area contributed by atoms with Crippen LogP contribution in [0.3, 0.4) is 0 Å². The molecule has 0 heterocycles. The van der Waals surface area contributed by atoms with Gasteiger partial charge in [0.05, 0.1) is 18.1 Å². The number of aliphatic imine (C=N–C) groups is 1. The molecule has 0 radical (unpaired) electrons. The Morgan fingerprint density at radius 1 is 1.14 bits per heavy atom. The molecule has 4 nitrogen and oxygen atoms in total. The SMILES string of the molecule is O=C=NCCCCCS(=O)(=O)CCCl. The van der Waals surface area contributed by atoms with Crippen molar-refractivity contribution in [1.82, 2.24) is 0 Å². The summed E-state index contributed by atoms with van der Waals surface area (Å²) in [7, 11) is -2.96. The van der Waals surface area contributed by atoms with E-state index in [1.165, 1.54) is 6.08 Å². The minimum absolute atomic E-state index is 0.0427. The average molecular weight is 240 g/mol. The maximum Gasteiger partial charge on any atom is 0.234 e. The zero-order chi connectivity index (χ0) is 10.9. The molecule has 0 saturated carbocycles. The lowest BCUT2D eigenvalue weighted by atomic mass is 10.2. The Labute approximate surface area is 89.3 Å². The van der Waals surface area contributed by atoms with Crippen LogP contribution in [0, 0.1) is 0 Å². The van der Waals surface area contributed by atoms with Gasteiger partial charge in [-0.15, -0.1) is 11.6 Å². The molecule has 14 heavy (non-hydrogen) atoms. The van der Waals surface area contributed by atoms with Crippen LogP contribution in [0.15, 0.2) is 4.99 Å². The lowest BCUT2D eigenvalue weighted by Gasteiger charge is -2.00. The van der Waals surface area contributed by atoms with E-state index >= 15 is 0 Å². The summed E-state index contributed by atoms with van der Waals surface area (Å²) >= 11 is 5.33. The molecular formula is C8H14ClNO3S. The van der Waals surface area contributed by atoms with E-state index in [0.29, 0.717) is 13.0 Å². The highest BCUT2D eigenvalue weighted by Crippen LogP contribution is 2.01. The monoisotopic (exact) mass is 239 g/mol. The lowest BCUT2D eigenvalue weighted by Crippen LogP contribution is -2.12. The molecule has 0 aromatic carbocycles. The van der Waals surface area contributed by atoms with E-state index in [9.17, 15) is 13.2 Å². The molecule has 0 atom stereocenters. The second-order valence-corrected chi connectivity index (χ2v) is 5.56. The highest BCUT2D eigenvalue weighted by molar-refractivity contribution is 7.91. The molecular weight excluding hydrogens is 226 g/mol. The van der Waals surface area contributed by atoms with Gasteiger partial charge < -0.3 is 0 Å². The van der Waals surface area contributed by atoms with Crippen LogP contribution in [-0.4, -0.2) is 38.4 Å². The molecule has 6 heteroatoms. The first-order valence-electron chi connectivity index (χ1n) is 4.42. The van der Waals surface area contributed by atoms with Gasteiger partial charge in [0.2, 0.25) is 6.08 Å². The highest BCUT2D eigenvalue weighted by Gasteiger charge is 2.08. The normalized spacial score (nSPS) is 10.9. The second-order valence-electron chi connectivity index (χ2n) is 2.87. The van der Waals surface area contributed by atoms with Crippen molar-refractivity contribution in [1.29, 1.82) is 0 Å². The standard InChI is InChI=1S/C8H14ClNO3S/c9-4-7-14(12,13)6-3-1-2-5-10-8-11/h1-7H2. The smallest absolute Gasteiger partial charge is 0.229 e. The second kappa shape index (κ2) is 7.97. The van der Waals surface area contributed by atoms with Crippen molar-refractivity contribution in [3.8, 4) is 0 Å². The lowest BCUT2D eigenvalue weighted by molar-refractivity contribution is 0.561. The van der Waals surface area contributed by atoms with Crippen molar-refractivity contribution in [2.45, 2.75) is 19.3 Å². The molecule has 0 fully saturated rings. The van der Waals surface area contributed by atoms with Gasteiger partial charge in [-0.05, 0) is 12.8 Å². The Bertz CT molecular complexity index is 283. The van der Waals surface area contributed by atoms with E-state index < -0.39 is 9.84 Å². The Morgan fingerprint density at radius 3 is 2.43 bits per heavy atom. The Balaban J connectivity index is 3.49. The molecule has 0 bridgehead atoms. The fraction of sp³-hybridized carbons (Fsp3) is 0.875. The summed E-state index contributed by atoms with van der Waals surface area (Å²) in [6.07, 6.45) is 3.52. The number of nitrogens with zero attached hydrogens (tertiary/aromatic N) is 1. The summed E-state index contributed by atoms with van der Waals surface area (Å²) < 4.78 is 22.3. The maximum atomic E-state index is 11.1. The number of rotatable bonds is 8. The molecule has 0 amide bonds. The van der Waals surface area contributed by atoms with E-state index in [1.54, 1.807) is 0 Å². The number of alkyl halides is 1. The molecule has 0 aliphatic carbocycles. The average Bonchev–Trinajstić information content (AvgIpc) is 2.11. The number of unbranched alkanes of at least 4 members (excludes halogenated alkanes) is 2. The van der Waals surface area contributed by atoms with Crippen LogP contribution in [0.4, 0.5) is 0 Å². The van der Waals surface area contributed by atoms with Crippen molar-refractivity contribution in [2.24, 2.45) is 4.99 Å². The van der Waals surface area contributed by atoms with Gasteiger partial charge in [-0.3, -0.25) is 0 Å². The first kappa shape index (κ1) is 13.6. The molecule has 0 saturated heterocycles. The number of halogens is 1. The van der Waals surface area contributed by atoms with Crippen LogP contribution in [0.1, 0.15) is 19.3 Å². The predicted octanol–water partition coefficient (Wildman–Crippen LogP) is 1.15. The summed E-state index contributed by atoms with van der Waals surface area (Å²) in [5, 5.41) is 0. The number of sulfone groups is 1. The largest absolute Gasteiger partial charge is 0.234 e. The van der Waals surface area contributed by atoms with Crippen molar-refractivity contribution >= 4 is 27.5 Å². The van der Waals surface area contributed by atoms with Gasteiger partial charge in [0, 0.05) is 5.88 Å². The number of carbonyl (C=O) groups excluding carboxylic acids is 1. The summed E-state index contributed by atoms with van der Waals surface area (Å²) in [6, 6.07) is 0. The van der Waals surface area contributed by atoms with E-state index in [0.717, 1.165) is 12.8 Å². The molecule has 0 unspecified atom stereocenters. The van der Waals surface area contributed by atoms with Crippen molar-refractivity contribution in [3.63, 3.8) is 0 Å². The minimum atomic E-state index is -2.96. The van der Waals surface area contributed by atoms with Crippen LogP contribution in [0.5, 0.6) is 0 Å². The predicted molar refractivity (Wildman–Crippen MR) is 56.2 cm³/mol. The molecule has 0 spiro atoms. The van der Waals surface area contributed by atoms with Gasteiger partial charge in [-0.1, -0.05) is 6.42 Å². The zero-order valence-corrected chi connectivity index (χ0v) is 9.48. The topological polar surface area (TPSA) is 63.6 Å². The highest BCUT2D eigenvalue weighted by atomic mass is 35.5. The van der Waals surface area contributed by atoms with Crippen LogP contribution >= 0.6 is 11.6 Å². The first-order valence-corrected chi connectivity index (χ1v) is 6.78. The fourth-order valence-corrected chi connectivity index (χ4v) is 2.74. The fourth-order valence-electron chi connectivity index (χ4n) is 0.955. The van der Waals surface area contributed by atoms with Crippen molar-refractivity contribution in [3.05, 3.63) is 0 Å².